The molecule has 96 valence electrons. The van der Waals surface area contributed by atoms with Gasteiger partial charge < -0.3 is 0 Å². The standard InChI is InChI=1S/C15H11N4S/c1-18-13-10(5-3-7-17-13)12-14(18)19-8-11-9(15(19)20-12)4-2-6-16-11/h2-7H,8H2,1H3/q+1/i1D3. The summed E-state index contributed by atoms with van der Waals surface area (Å²) in [4.78, 5) is 8.73. The Labute approximate surface area is 123 Å². The number of aromatic nitrogens is 4. The van der Waals surface area contributed by atoms with Gasteiger partial charge in [0.05, 0.1) is 27.7 Å². The summed E-state index contributed by atoms with van der Waals surface area (Å²) in [5.74, 6) is 0. The van der Waals surface area contributed by atoms with Gasteiger partial charge in [0, 0.05) is 12.4 Å². The van der Waals surface area contributed by atoms with Crippen LogP contribution in [0, 0.1) is 0 Å². The van der Waals surface area contributed by atoms with Crippen LogP contribution in [0.1, 0.15) is 9.81 Å². The summed E-state index contributed by atoms with van der Waals surface area (Å²) < 4.78 is 28.2. The van der Waals surface area contributed by atoms with Crippen molar-refractivity contribution >= 4 is 32.7 Å². The third-order valence-corrected chi connectivity index (χ3v) is 5.03. The summed E-state index contributed by atoms with van der Waals surface area (Å²) in [7, 11) is 0. The van der Waals surface area contributed by atoms with Gasteiger partial charge in [-0.3, -0.25) is 4.98 Å². The van der Waals surface area contributed by atoms with Gasteiger partial charge in [0.1, 0.15) is 11.2 Å². The van der Waals surface area contributed by atoms with E-state index in [0.29, 0.717) is 17.8 Å². The first-order valence-corrected chi connectivity index (χ1v) is 7.14. The molecule has 0 N–H and O–H groups in total. The fourth-order valence-corrected chi connectivity index (χ4v) is 4.23. The summed E-state index contributed by atoms with van der Waals surface area (Å²) in [5.41, 5.74) is 3.28. The van der Waals surface area contributed by atoms with Crippen molar-refractivity contribution in [2.45, 2.75) is 6.54 Å². The van der Waals surface area contributed by atoms with Crippen molar-refractivity contribution in [1.29, 1.82) is 0 Å². The number of rotatable bonds is 0. The first kappa shape index (κ1) is 8.11. The molecule has 5 heteroatoms. The molecule has 0 atom stereocenters. The van der Waals surface area contributed by atoms with Crippen molar-refractivity contribution < 1.29 is 8.68 Å². The minimum absolute atomic E-state index is 0.507. The predicted octanol–water partition coefficient (Wildman–Crippen LogP) is 2.50. The molecular weight excluding hydrogens is 268 g/mol. The molecule has 0 fully saturated rings. The van der Waals surface area contributed by atoms with E-state index in [9.17, 15) is 0 Å². The van der Waals surface area contributed by atoms with Gasteiger partial charge >= 0.3 is 5.65 Å². The van der Waals surface area contributed by atoms with E-state index in [-0.39, 0.29) is 0 Å². The zero-order valence-electron chi connectivity index (χ0n) is 13.4. The fraction of sp³-hybridized carbons (Fsp3) is 0.133. The van der Waals surface area contributed by atoms with Gasteiger partial charge in [-0.15, -0.1) is 0 Å². The van der Waals surface area contributed by atoms with Crippen LogP contribution < -0.4 is 4.57 Å². The van der Waals surface area contributed by atoms with Gasteiger partial charge in [0.2, 0.25) is 5.65 Å². The topological polar surface area (TPSA) is 34.6 Å². The van der Waals surface area contributed by atoms with E-state index in [1.165, 1.54) is 4.57 Å². The number of nitrogens with zero attached hydrogens (tertiary/aromatic N) is 4. The largest absolute Gasteiger partial charge is 0.302 e. The number of aryl methyl sites for hydroxylation is 1. The molecule has 5 heterocycles. The average Bonchev–Trinajstić information content (AvgIpc) is 3.13. The fourth-order valence-electron chi connectivity index (χ4n) is 2.92. The van der Waals surface area contributed by atoms with Crippen molar-refractivity contribution in [3.63, 3.8) is 0 Å². The van der Waals surface area contributed by atoms with E-state index in [1.807, 2.05) is 28.8 Å². The Bertz CT molecular complexity index is 1090. The number of pyridine rings is 2. The molecule has 0 unspecified atom stereocenters. The van der Waals surface area contributed by atoms with Gasteiger partial charge in [-0.25, -0.2) is 14.1 Å². The molecule has 4 aromatic heterocycles. The second-order valence-corrected chi connectivity index (χ2v) is 5.85. The molecule has 0 aromatic carbocycles. The van der Waals surface area contributed by atoms with Crippen LogP contribution in [-0.2, 0) is 13.5 Å². The van der Waals surface area contributed by atoms with Gasteiger partial charge in [0.25, 0.3) is 0 Å². The van der Waals surface area contributed by atoms with E-state index in [4.69, 9.17) is 4.11 Å². The Balaban J connectivity index is 1.97. The van der Waals surface area contributed by atoms with Crippen molar-refractivity contribution in [1.82, 2.24) is 14.5 Å². The molecule has 0 radical (unpaired) electrons. The zero-order chi connectivity index (χ0) is 15.8. The number of hydrogen-bond acceptors (Lipinski definition) is 3. The molecule has 0 amide bonds. The normalized spacial score (nSPS) is 15.9. The van der Waals surface area contributed by atoms with Crippen LogP contribution in [0.3, 0.4) is 0 Å². The maximum absolute atomic E-state index is 7.95. The van der Waals surface area contributed by atoms with Crippen LogP contribution in [0.4, 0.5) is 0 Å². The Morgan fingerprint density at radius 1 is 1.30 bits per heavy atom. The molecule has 20 heavy (non-hydrogen) atoms. The highest BCUT2D eigenvalue weighted by Gasteiger charge is 2.33. The van der Waals surface area contributed by atoms with Crippen LogP contribution in [0.15, 0.2) is 36.7 Å². The second-order valence-electron chi connectivity index (χ2n) is 4.85. The van der Waals surface area contributed by atoms with Crippen LogP contribution in [-0.4, -0.2) is 14.5 Å². The summed E-state index contributed by atoms with van der Waals surface area (Å²) in [6, 6.07) is 7.73. The van der Waals surface area contributed by atoms with Gasteiger partial charge in [0.15, 0.2) is 5.01 Å². The van der Waals surface area contributed by atoms with Crippen LogP contribution in [0.2, 0.25) is 0 Å². The first-order valence-electron chi connectivity index (χ1n) is 7.82. The highest BCUT2D eigenvalue weighted by Crippen LogP contribution is 2.38. The molecule has 0 bridgehead atoms. The van der Waals surface area contributed by atoms with Gasteiger partial charge in [-0.1, -0.05) is 11.3 Å². The molecule has 4 aromatic rings. The molecule has 0 spiro atoms. The molecular formula is C15H11N4S+. The van der Waals surface area contributed by atoms with Crippen molar-refractivity contribution in [2.75, 3.05) is 0 Å². The van der Waals surface area contributed by atoms with E-state index in [0.717, 1.165) is 26.4 Å². The van der Waals surface area contributed by atoms with E-state index < -0.39 is 6.98 Å². The molecule has 1 aliphatic heterocycles. The van der Waals surface area contributed by atoms with Crippen LogP contribution in [0.25, 0.3) is 32.0 Å². The molecule has 0 saturated heterocycles. The van der Waals surface area contributed by atoms with Crippen LogP contribution in [0.5, 0.6) is 0 Å². The highest BCUT2D eigenvalue weighted by molar-refractivity contribution is 7.22. The lowest BCUT2D eigenvalue weighted by Gasteiger charge is -1.92. The van der Waals surface area contributed by atoms with Crippen molar-refractivity contribution in [2.24, 2.45) is 6.98 Å². The predicted molar refractivity (Wildman–Crippen MR) is 78.6 cm³/mol. The molecule has 5 rings (SSSR count). The van der Waals surface area contributed by atoms with Crippen LogP contribution >= 0.6 is 11.3 Å². The molecule has 0 aliphatic carbocycles. The molecule has 4 nitrogen and oxygen atoms in total. The Morgan fingerprint density at radius 2 is 2.20 bits per heavy atom. The lowest BCUT2D eigenvalue weighted by Crippen LogP contribution is -2.32. The first-order chi connectivity index (χ1) is 11.1. The van der Waals surface area contributed by atoms with E-state index >= 15 is 0 Å². The number of fused-ring (bicyclic) bond motifs is 7. The Morgan fingerprint density at radius 3 is 3.15 bits per heavy atom. The van der Waals surface area contributed by atoms with Gasteiger partial charge in [-0.2, -0.15) is 0 Å². The lowest BCUT2D eigenvalue weighted by molar-refractivity contribution is -0.645. The number of thiazole rings is 1. The smallest absolute Gasteiger partial charge is 0.256 e. The molecule has 0 saturated carbocycles. The summed E-state index contributed by atoms with van der Waals surface area (Å²) in [6.07, 6.45) is 3.41. The third-order valence-electron chi connectivity index (χ3n) is 3.79. The average molecular weight is 282 g/mol. The minimum atomic E-state index is -2.28. The SMILES string of the molecule is [2H]C([2H])([2H])n1c2ncccc2c2sc3[n+](c21)Cc1ncccc1-3. The molecule has 1 aliphatic rings. The maximum Gasteiger partial charge on any atom is 0.302 e. The third kappa shape index (κ3) is 1.10. The van der Waals surface area contributed by atoms with E-state index in [1.54, 1.807) is 23.7 Å². The van der Waals surface area contributed by atoms with Crippen molar-refractivity contribution in [3.8, 4) is 10.6 Å². The quantitative estimate of drug-likeness (QED) is 0.409. The minimum Gasteiger partial charge on any atom is -0.256 e. The zero-order valence-corrected chi connectivity index (χ0v) is 11.2. The van der Waals surface area contributed by atoms with Crippen molar-refractivity contribution in [3.05, 3.63) is 42.4 Å². The summed E-state index contributed by atoms with van der Waals surface area (Å²) in [5, 5.41) is 1.94. The Kier molecular flexibility index (Phi) is 1.39. The summed E-state index contributed by atoms with van der Waals surface area (Å²) >= 11 is 1.61. The highest BCUT2D eigenvalue weighted by atomic mass is 32.1. The summed E-state index contributed by atoms with van der Waals surface area (Å²) in [6.45, 7) is -1.68. The number of hydrogen-bond donors (Lipinski definition) is 0. The maximum atomic E-state index is 7.95. The second kappa shape index (κ2) is 3.43. The van der Waals surface area contributed by atoms with E-state index in [2.05, 4.69) is 9.97 Å². The van der Waals surface area contributed by atoms with Gasteiger partial charge in [-0.05, 0) is 24.3 Å². The Hall–Kier alpha value is -2.27. The monoisotopic (exact) mass is 282 g/mol. The lowest BCUT2D eigenvalue weighted by atomic mass is 10.2.